The number of aliphatic hydroxyl groups is 1. The van der Waals surface area contributed by atoms with Crippen molar-refractivity contribution < 1.29 is 14.6 Å². The van der Waals surface area contributed by atoms with Crippen LogP contribution in [0.15, 0.2) is 78.9 Å². The highest BCUT2D eigenvalue weighted by Crippen LogP contribution is 2.20. The van der Waals surface area contributed by atoms with Crippen molar-refractivity contribution >= 4 is 5.69 Å². The van der Waals surface area contributed by atoms with Crippen LogP contribution in [0.1, 0.15) is 11.1 Å². The molecule has 0 amide bonds. The second-order valence-electron chi connectivity index (χ2n) is 8.33. The molecule has 0 radical (unpaired) electrons. The fraction of sp³-hybridized carbons (Fsp3) is 0.333. The van der Waals surface area contributed by atoms with Gasteiger partial charge < -0.3 is 19.5 Å². The predicted octanol–water partition coefficient (Wildman–Crippen LogP) is 4.14. The van der Waals surface area contributed by atoms with Crippen molar-refractivity contribution in [2.24, 2.45) is 0 Å². The zero-order chi connectivity index (χ0) is 22.2. The van der Waals surface area contributed by atoms with Gasteiger partial charge in [-0.1, -0.05) is 48.0 Å². The number of anilines is 1. The van der Waals surface area contributed by atoms with E-state index < -0.39 is 6.10 Å². The molecule has 0 spiro atoms. The van der Waals surface area contributed by atoms with Crippen LogP contribution in [0.3, 0.4) is 0 Å². The molecule has 1 aliphatic heterocycles. The number of hydrogen-bond donors (Lipinski definition) is 1. The third-order valence-corrected chi connectivity index (χ3v) is 5.75. The Hall–Kier alpha value is -3.02. The molecule has 1 atom stereocenters. The van der Waals surface area contributed by atoms with Gasteiger partial charge in [0.1, 0.15) is 30.8 Å². The minimum atomic E-state index is -0.519. The monoisotopic (exact) mass is 432 g/mol. The Balaban J connectivity index is 1.16. The molecule has 5 nitrogen and oxygen atoms in total. The molecule has 1 aliphatic rings. The predicted molar refractivity (Wildman–Crippen MR) is 129 cm³/mol. The van der Waals surface area contributed by atoms with E-state index in [-0.39, 0.29) is 6.61 Å². The van der Waals surface area contributed by atoms with Gasteiger partial charge in [-0.15, -0.1) is 0 Å². The summed E-state index contributed by atoms with van der Waals surface area (Å²) in [6, 6.07) is 26.3. The second-order valence-corrected chi connectivity index (χ2v) is 8.33. The standard InChI is InChI=1S/C27H32N2O3/c1-22-7-9-24(10-8-22)29-17-15-28(16-18-29)19-25(30)21-32-27-13-11-26(12-14-27)31-20-23-5-3-2-4-6-23/h2-14,25,30H,15-21H2,1H3/t25-/m0/s1. The third-order valence-electron chi connectivity index (χ3n) is 5.75. The van der Waals surface area contributed by atoms with Gasteiger partial charge in [0.05, 0.1) is 0 Å². The van der Waals surface area contributed by atoms with E-state index in [2.05, 4.69) is 41.0 Å². The number of piperazine rings is 1. The molecule has 1 heterocycles. The summed E-state index contributed by atoms with van der Waals surface area (Å²) in [5.74, 6) is 1.54. The number of benzene rings is 3. The molecule has 1 saturated heterocycles. The Morgan fingerprint density at radius 2 is 1.41 bits per heavy atom. The van der Waals surface area contributed by atoms with Gasteiger partial charge in [-0.3, -0.25) is 4.90 Å². The maximum Gasteiger partial charge on any atom is 0.120 e. The van der Waals surface area contributed by atoms with Crippen LogP contribution < -0.4 is 14.4 Å². The Morgan fingerprint density at radius 1 is 0.781 bits per heavy atom. The summed E-state index contributed by atoms with van der Waals surface area (Å²) in [7, 11) is 0. The lowest BCUT2D eigenvalue weighted by atomic mass is 10.2. The summed E-state index contributed by atoms with van der Waals surface area (Å²) in [5, 5.41) is 10.4. The van der Waals surface area contributed by atoms with E-state index in [1.54, 1.807) is 0 Å². The van der Waals surface area contributed by atoms with Gasteiger partial charge in [-0.05, 0) is 48.9 Å². The molecule has 1 fully saturated rings. The maximum absolute atomic E-state index is 10.4. The Morgan fingerprint density at radius 3 is 2.06 bits per heavy atom. The number of rotatable bonds is 9. The first-order chi connectivity index (χ1) is 15.7. The van der Waals surface area contributed by atoms with Gasteiger partial charge >= 0.3 is 0 Å². The molecule has 168 valence electrons. The molecule has 0 saturated carbocycles. The van der Waals surface area contributed by atoms with Crippen LogP contribution in [-0.4, -0.2) is 55.4 Å². The lowest BCUT2D eigenvalue weighted by molar-refractivity contribution is 0.0663. The lowest BCUT2D eigenvalue weighted by Gasteiger charge is -2.36. The molecule has 0 unspecified atom stereocenters. The molecule has 3 aromatic carbocycles. The van der Waals surface area contributed by atoms with Crippen LogP contribution in [-0.2, 0) is 6.61 Å². The first-order valence-corrected chi connectivity index (χ1v) is 11.3. The first kappa shape index (κ1) is 22.2. The number of hydrogen-bond acceptors (Lipinski definition) is 5. The molecule has 0 bridgehead atoms. The van der Waals surface area contributed by atoms with Gasteiger partial charge in [0.25, 0.3) is 0 Å². The fourth-order valence-corrected chi connectivity index (χ4v) is 3.86. The molecular weight excluding hydrogens is 400 g/mol. The topological polar surface area (TPSA) is 45.2 Å². The van der Waals surface area contributed by atoms with Crippen LogP contribution in [0, 0.1) is 6.92 Å². The zero-order valence-electron chi connectivity index (χ0n) is 18.7. The van der Waals surface area contributed by atoms with E-state index in [1.807, 2.05) is 54.6 Å². The van der Waals surface area contributed by atoms with Crippen LogP contribution in [0.5, 0.6) is 11.5 Å². The van der Waals surface area contributed by atoms with E-state index in [1.165, 1.54) is 11.3 Å². The highest BCUT2D eigenvalue weighted by atomic mass is 16.5. The highest BCUT2D eigenvalue weighted by Gasteiger charge is 2.19. The molecule has 3 aromatic rings. The Labute approximate surface area is 190 Å². The molecular formula is C27H32N2O3. The Kier molecular flexibility index (Phi) is 7.64. The summed E-state index contributed by atoms with van der Waals surface area (Å²) in [6.45, 7) is 7.39. The van der Waals surface area contributed by atoms with Gasteiger partial charge in [0.2, 0.25) is 0 Å². The van der Waals surface area contributed by atoms with Gasteiger partial charge in [0, 0.05) is 38.4 Å². The van der Waals surface area contributed by atoms with E-state index in [0.717, 1.165) is 43.2 Å². The van der Waals surface area contributed by atoms with Gasteiger partial charge in [-0.25, -0.2) is 0 Å². The molecule has 4 rings (SSSR count). The fourth-order valence-electron chi connectivity index (χ4n) is 3.86. The average molecular weight is 433 g/mol. The van der Waals surface area contributed by atoms with E-state index >= 15 is 0 Å². The number of β-amino-alcohol motifs (C(OH)–C–C–N with tert-alkyl or cyclic N) is 1. The number of aryl methyl sites for hydroxylation is 1. The van der Waals surface area contributed by atoms with E-state index in [9.17, 15) is 5.11 Å². The van der Waals surface area contributed by atoms with Crippen molar-refractivity contribution in [2.45, 2.75) is 19.6 Å². The van der Waals surface area contributed by atoms with Crippen molar-refractivity contribution in [1.82, 2.24) is 4.90 Å². The largest absolute Gasteiger partial charge is 0.491 e. The minimum absolute atomic E-state index is 0.280. The summed E-state index contributed by atoms with van der Waals surface area (Å²) >= 11 is 0. The quantitative estimate of drug-likeness (QED) is 0.551. The summed E-state index contributed by atoms with van der Waals surface area (Å²) in [6.07, 6.45) is -0.519. The van der Waals surface area contributed by atoms with Gasteiger partial charge in [-0.2, -0.15) is 0 Å². The number of ether oxygens (including phenoxy) is 2. The van der Waals surface area contributed by atoms with E-state index in [0.29, 0.717) is 13.2 Å². The zero-order valence-corrected chi connectivity index (χ0v) is 18.7. The molecule has 0 aliphatic carbocycles. The minimum Gasteiger partial charge on any atom is -0.491 e. The lowest BCUT2D eigenvalue weighted by Crippen LogP contribution is -2.49. The molecule has 5 heteroatoms. The first-order valence-electron chi connectivity index (χ1n) is 11.3. The van der Waals surface area contributed by atoms with E-state index in [4.69, 9.17) is 9.47 Å². The Bertz CT molecular complexity index is 937. The number of aliphatic hydroxyl groups excluding tert-OH is 1. The SMILES string of the molecule is Cc1ccc(N2CCN(C[C@H](O)COc3ccc(OCc4ccccc4)cc3)CC2)cc1. The normalized spacial score (nSPS) is 15.4. The van der Waals surface area contributed by atoms with Crippen molar-refractivity contribution in [3.05, 3.63) is 90.0 Å². The highest BCUT2D eigenvalue weighted by molar-refractivity contribution is 5.47. The summed E-state index contributed by atoms with van der Waals surface area (Å²) in [5.41, 5.74) is 3.69. The summed E-state index contributed by atoms with van der Waals surface area (Å²) < 4.78 is 11.6. The van der Waals surface area contributed by atoms with Crippen LogP contribution in [0.4, 0.5) is 5.69 Å². The maximum atomic E-state index is 10.4. The van der Waals surface area contributed by atoms with Crippen molar-refractivity contribution in [3.8, 4) is 11.5 Å². The van der Waals surface area contributed by atoms with Gasteiger partial charge in [0.15, 0.2) is 0 Å². The van der Waals surface area contributed by atoms with Crippen molar-refractivity contribution in [1.29, 1.82) is 0 Å². The molecule has 32 heavy (non-hydrogen) atoms. The van der Waals surface area contributed by atoms with Crippen LogP contribution in [0.25, 0.3) is 0 Å². The van der Waals surface area contributed by atoms with Crippen molar-refractivity contribution in [2.75, 3.05) is 44.2 Å². The second kappa shape index (κ2) is 11.0. The van der Waals surface area contributed by atoms with Crippen LogP contribution >= 0.6 is 0 Å². The molecule has 1 N–H and O–H groups in total. The number of nitrogens with zero attached hydrogens (tertiary/aromatic N) is 2. The third kappa shape index (κ3) is 6.49. The van der Waals surface area contributed by atoms with Crippen LogP contribution in [0.2, 0.25) is 0 Å². The average Bonchev–Trinajstić information content (AvgIpc) is 2.84. The molecule has 0 aromatic heterocycles. The van der Waals surface area contributed by atoms with Crippen molar-refractivity contribution in [3.63, 3.8) is 0 Å². The summed E-state index contributed by atoms with van der Waals surface area (Å²) in [4.78, 5) is 4.71. The smallest absolute Gasteiger partial charge is 0.120 e.